The van der Waals surface area contributed by atoms with Crippen molar-refractivity contribution in [3.63, 3.8) is 0 Å². The standard InChI is InChI=1S/C21H20N2O2S2/c1-14-6-3-4-7-18(14)23-20(24)15(2)27-17-11-9-16(10-12-17)22-21(25)19-8-5-13-26-19/h3-13,15H,1-2H3,(H,22,25)(H,23,24). The van der Waals surface area contributed by atoms with Gasteiger partial charge < -0.3 is 10.6 Å². The quantitative estimate of drug-likeness (QED) is 0.546. The lowest BCUT2D eigenvalue weighted by atomic mass is 10.2. The van der Waals surface area contributed by atoms with E-state index >= 15 is 0 Å². The van der Waals surface area contributed by atoms with Crippen molar-refractivity contribution < 1.29 is 9.59 Å². The molecule has 0 spiro atoms. The smallest absolute Gasteiger partial charge is 0.265 e. The van der Waals surface area contributed by atoms with Crippen molar-refractivity contribution >= 4 is 46.3 Å². The zero-order chi connectivity index (χ0) is 19.2. The first kappa shape index (κ1) is 19.2. The van der Waals surface area contributed by atoms with Gasteiger partial charge in [-0.1, -0.05) is 24.3 Å². The second kappa shape index (κ2) is 8.88. The molecular weight excluding hydrogens is 376 g/mol. The topological polar surface area (TPSA) is 58.2 Å². The van der Waals surface area contributed by atoms with Gasteiger partial charge in [0.25, 0.3) is 5.91 Å². The molecule has 1 aromatic heterocycles. The van der Waals surface area contributed by atoms with Crippen molar-refractivity contribution in [1.29, 1.82) is 0 Å². The number of carbonyl (C=O) groups excluding carboxylic acids is 2. The zero-order valence-electron chi connectivity index (χ0n) is 15.1. The van der Waals surface area contributed by atoms with Crippen molar-refractivity contribution in [2.24, 2.45) is 0 Å². The molecule has 2 N–H and O–H groups in total. The van der Waals surface area contributed by atoms with Crippen LogP contribution in [0.15, 0.2) is 70.9 Å². The van der Waals surface area contributed by atoms with E-state index in [0.717, 1.165) is 21.8 Å². The second-order valence-corrected chi connectivity index (χ2v) is 8.38. The maximum absolute atomic E-state index is 12.4. The SMILES string of the molecule is Cc1ccccc1NC(=O)C(C)Sc1ccc(NC(=O)c2cccs2)cc1. The summed E-state index contributed by atoms with van der Waals surface area (Å²) in [4.78, 5) is 26.1. The molecule has 1 heterocycles. The second-order valence-electron chi connectivity index (χ2n) is 6.02. The molecule has 3 aromatic rings. The molecule has 27 heavy (non-hydrogen) atoms. The summed E-state index contributed by atoms with van der Waals surface area (Å²) in [7, 11) is 0. The van der Waals surface area contributed by atoms with Crippen molar-refractivity contribution in [3.05, 3.63) is 76.5 Å². The highest BCUT2D eigenvalue weighted by Crippen LogP contribution is 2.26. The summed E-state index contributed by atoms with van der Waals surface area (Å²) in [5.41, 5.74) is 2.60. The fraction of sp³-hybridized carbons (Fsp3) is 0.143. The predicted octanol–water partition coefficient (Wildman–Crippen LogP) is 5.43. The van der Waals surface area contributed by atoms with Gasteiger partial charge in [0.15, 0.2) is 0 Å². The van der Waals surface area contributed by atoms with Gasteiger partial charge in [0.1, 0.15) is 0 Å². The number of aryl methyl sites for hydroxylation is 1. The summed E-state index contributed by atoms with van der Waals surface area (Å²) >= 11 is 2.89. The minimum Gasteiger partial charge on any atom is -0.325 e. The lowest BCUT2D eigenvalue weighted by Gasteiger charge is -2.14. The third-order valence-electron chi connectivity index (χ3n) is 3.94. The number of amides is 2. The van der Waals surface area contributed by atoms with Crippen LogP contribution in [0, 0.1) is 6.92 Å². The van der Waals surface area contributed by atoms with Gasteiger partial charge in [0, 0.05) is 16.3 Å². The van der Waals surface area contributed by atoms with Gasteiger partial charge in [-0.2, -0.15) is 0 Å². The molecule has 1 unspecified atom stereocenters. The molecule has 3 rings (SSSR count). The number of thioether (sulfide) groups is 1. The number of anilines is 2. The highest BCUT2D eigenvalue weighted by molar-refractivity contribution is 8.00. The van der Waals surface area contributed by atoms with Gasteiger partial charge in [-0.25, -0.2) is 0 Å². The third kappa shape index (κ3) is 5.21. The van der Waals surface area contributed by atoms with Crippen molar-refractivity contribution in [1.82, 2.24) is 0 Å². The van der Waals surface area contributed by atoms with E-state index in [-0.39, 0.29) is 17.1 Å². The number of thiophene rings is 1. The molecule has 0 aliphatic rings. The Morgan fingerprint density at radius 2 is 1.70 bits per heavy atom. The Balaban J connectivity index is 1.56. The Morgan fingerprint density at radius 3 is 2.37 bits per heavy atom. The van der Waals surface area contributed by atoms with E-state index in [1.165, 1.54) is 23.1 Å². The minimum atomic E-state index is -0.240. The Bertz CT molecular complexity index is 922. The maximum atomic E-state index is 12.4. The third-order valence-corrected chi connectivity index (χ3v) is 5.92. The number of nitrogens with one attached hydrogen (secondary N) is 2. The molecule has 0 bridgehead atoms. The van der Waals surface area contributed by atoms with Crippen molar-refractivity contribution in [3.8, 4) is 0 Å². The van der Waals surface area contributed by atoms with Crippen LogP contribution in [-0.2, 0) is 4.79 Å². The molecule has 2 amide bonds. The number of hydrogen-bond acceptors (Lipinski definition) is 4. The zero-order valence-corrected chi connectivity index (χ0v) is 16.7. The van der Waals surface area contributed by atoms with E-state index in [1.54, 1.807) is 6.07 Å². The van der Waals surface area contributed by atoms with Gasteiger partial charge in [0.2, 0.25) is 5.91 Å². The van der Waals surface area contributed by atoms with E-state index in [9.17, 15) is 9.59 Å². The molecule has 0 saturated carbocycles. The molecule has 0 radical (unpaired) electrons. The molecule has 138 valence electrons. The Morgan fingerprint density at radius 1 is 0.963 bits per heavy atom. The molecule has 4 nitrogen and oxygen atoms in total. The number of rotatable bonds is 6. The van der Waals surface area contributed by atoms with Gasteiger partial charge in [0.05, 0.1) is 10.1 Å². The Kier molecular flexibility index (Phi) is 6.32. The summed E-state index contributed by atoms with van der Waals surface area (Å²) in [6.07, 6.45) is 0. The van der Waals surface area contributed by atoms with E-state index in [0.29, 0.717) is 4.88 Å². The van der Waals surface area contributed by atoms with Crippen LogP contribution in [0.1, 0.15) is 22.2 Å². The van der Waals surface area contributed by atoms with Gasteiger partial charge >= 0.3 is 0 Å². The van der Waals surface area contributed by atoms with E-state index < -0.39 is 0 Å². The summed E-state index contributed by atoms with van der Waals surface area (Å²) in [5, 5.41) is 7.47. The number of benzene rings is 2. The van der Waals surface area contributed by atoms with Crippen LogP contribution in [0.5, 0.6) is 0 Å². The summed E-state index contributed by atoms with van der Waals surface area (Å²) in [6, 6.07) is 18.9. The molecule has 1 atom stereocenters. The number of hydrogen-bond donors (Lipinski definition) is 2. The van der Waals surface area contributed by atoms with Crippen molar-refractivity contribution in [2.45, 2.75) is 24.0 Å². The molecular formula is C21H20N2O2S2. The first-order chi connectivity index (χ1) is 13.0. The summed E-state index contributed by atoms with van der Waals surface area (Å²) in [6.45, 7) is 3.85. The van der Waals surface area contributed by atoms with Crippen molar-refractivity contribution in [2.75, 3.05) is 10.6 Å². The molecule has 0 fully saturated rings. The van der Waals surface area contributed by atoms with Crippen LogP contribution in [-0.4, -0.2) is 17.1 Å². The molecule has 2 aromatic carbocycles. The van der Waals surface area contributed by atoms with Crippen LogP contribution < -0.4 is 10.6 Å². The first-order valence-corrected chi connectivity index (χ1v) is 10.3. The highest BCUT2D eigenvalue weighted by Gasteiger charge is 2.15. The number of para-hydroxylation sites is 1. The minimum absolute atomic E-state index is 0.0376. The van der Waals surface area contributed by atoms with Crippen LogP contribution in [0.2, 0.25) is 0 Å². The Hall–Kier alpha value is -2.57. The number of carbonyl (C=O) groups is 2. The summed E-state index contributed by atoms with van der Waals surface area (Å²) in [5.74, 6) is -0.152. The lowest BCUT2D eigenvalue weighted by Crippen LogP contribution is -2.22. The average molecular weight is 397 g/mol. The van der Waals surface area contributed by atoms with Gasteiger partial charge in [-0.3, -0.25) is 9.59 Å². The van der Waals surface area contributed by atoms with E-state index in [4.69, 9.17) is 0 Å². The van der Waals surface area contributed by atoms with E-state index in [1.807, 2.05) is 73.8 Å². The molecule has 0 aliphatic heterocycles. The highest BCUT2D eigenvalue weighted by atomic mass is 32.2. The first-order valence-electron chi connectivity index (χ1n) is 8.51. The predicted molar refractivity (Wildman–Crippen MR) is 114 cm³/mol. The summed E-state index contributed by atoms with van der Waals surface area (Å²) < 4.78 is 0. The largest absolute Gasteiger partial charge is 0.325 e. The van der Waals surface area contributed by atoms with Gasteiger partial charge in [-0.15, -0.1) is 23.1 Å². The fourth-order valence-electron chi connectivity index (χ4n) is 2.42. The molecule has 0 saturated heterocycles. The molecule has 6 heteroatoms. The maximum Gasteiger partial charge on any atom is 0.265 e. The Labute approximate surface area is 167 Å². The fourth-order valence-corrected chi connectivity index (χ4v) is 3.91. The van der Waals surface area contributed by atoms with Crippen LogP contribution in [0.25, 0.3) is 0 Å². The lowest BCUT2D eigenvalue weighted by molar-refractivity contribution is -0.115. The monoisotopic (exact) mass is 396 g/mol. The van der Waals surface area contributed by atoms with Crippen LogP contribution >= 0.6 is 23.1 Å². The molecule has 0 aliphatic carbocycles. The normalized spacial score (nSPS) is 11.6. The van der Waals surface area contributed by atoms with E-state index in [2.05, 4.69) is 10.6 Å². The van der Waals surface area contributed by atoms with Crippen LogP contribution in [0.3, 0.4) is 0 Å². The average Bonchev–Trinajstić information content (AvgIpc) is 3.20. The van der Waals surface area contributed by atoms with Crippen LogP contribution in [0.4, 0.5) is 11.4 Å². The van der Waals surface area contributed by atoms with Gasteiger partial charge in [-0.05, 0) is 61.2 Å².